The Morgan fingerprint density at radius 2 is 1.91 bits per heavy atom. The maximum atomic E-state index is 13.1. The lowest BCUT2D eigenvalue weighted by atomic mass is 10.2. The number of benzene rings is 3. The van der Waals surface area contributed by atoms with E-state index in [1.165, 1.54) is 34.7 Å². The van der Waals surface area contributed by atoms with Gasteiger partial charge in [-0.1, -0.05) is 35.6 Å². The highest BCUT2D eigenvalue weighted by Crippen LogP contribution is 2.30. The minimum atomic E-state index is -0.454. The highest BCUT2D eigenvalue weighted by atomic mass is 32.2. The average Bonchev–Trinajstić information content (AvgIpc) is 3.23. The summed E-state index contributed by atoms with van der Waals surface area (Å²) in [7, 11) is 0. The van der Waals surface area contributed by atoms with Gasteiger partial charge in [-0.2, -0.15) is 10.1 Å². The highest BCUT2D eigenvalue weighted by Gasteiger charge is 2.19. The molecule has 0 saturated heterocycles. The number of hydrogen-bond donors (Lipinski definition) is 0. The molecule has 33 heavy (non-hydrogen) atoms. The maximum absolute atomic E-state index is 13.1. The highest BCUT2D eigenvalue weighted by molar-refractivity contribution is 7.99. The Morgan fingerprint density at radius 3 is 2.64 bits per heavy atom. The smallest absolute Gasteiger partial charge is 0.269 e. The van der Waals surface area contributed by atoms with E-state index in [9.17, 15) is 14.9 Å². The predicted molar refractivity (Wildman–Crippen MR) is 134 cm³/mol. The number of thiazole rings is 1. The number of carbonyl (C=O) groups excluding carboxylic acids is 1. The van der Waals surface area contributed by atoms with Crippen LogP contribution in [-0.2, 0) is 4.79 Å². The number of nitrogens with zero attached hydrogens (tertiary/aromatic N) is 4. The van der Waals surface area contributed by atoms with E-state index < -0.39 is 4.92 Å². The molecule has 1 aromatic heterocycles. The second-order valence-electron chi connectivity index (χ2n) is 7.18. The van der Waals surface area contributed by atoms with Gasteiger partial charge in [-0.05, 0) is 54.4 Å². The largest absolute Gasteiger partial charge is 0.272 e. The second kappa shape index (κ2) is 10.4. The average molecular weight is 477 g/mol. The van der Waals surface area contributed by atoms with E-state index >= 15 is 0 Å². The van der Waals surface area contributed by atoms with Crippen LogP contribution in [0.5, 0.6) is 0 Å². The first-order valence-electron chi connectivity index (χ1n) is 10.2. The van der Waals surface area contributed by atoms with Crippen LogP contribution >= 0.6 is 23.1 Å². The van der Waals surface area contributed by atoms with Gasteiger partial charge in [0.2, 0.25) is 11.0 Å². The van der Waals surface area contributed by atoms with Crippen LogP contribution in [0.1, 0.15) is 17.5 Å². The summed E-state index contributed by atoms with van der Waals surface area (Å²) in [5.41, 5.74) is 2.57. The summed E-state index contributed by atoms with van der Waals surface area (Å²) in [6.45, 7) is 2.01. The van der Waals surface area contributed by atoms with E-state index in [2.05, 4.69) is 10.1 Å². The lowest BCUT2D eigenvalue weighted by Crippen LogP contribution is -2.25. The zero-order valence-corrected chi connectivity index (χ0v) is 19.4. The van der Waals surface area contributed by atoms with E-state index in [1.54, 1.807) is 23.9 Å². The first kappa shape index (κ1) is 22.6. The standard InChI is InChI=1S/C24H20N4O3S2/c1-17-7-12-21-22(15-17)33-24(26-21)27(23(29)13-14-32-20-5-3-2-4-6-20)25-16-18-8-10-19(11-9-18)28(30)31/h2-12,15-16H,13-14H2,1H3/b25-16+. The molecule has 166 valence electrons. The fraction of sp³-hybridized carbons (Fsp3) is 0.125. The molecule has 9 heteroatoms. The van der Waals surface area contributed by atoms with Gasteiger partial charge in [-0.3, -0.25) is 14.9 Å². The number of hydrazone groups is 1. The molecule has 0 aliphatic carbocycles. The van der Waals surface area contributed by atoms with Crippen LogP contribution in [0.4, 0.5) is 10.8 Å². The van der Waals surface area contributed by atoms with Crippen molar-refractivity contribution in [2.45, 2.75) is 18.2 Å². The van der Waals surface area contributed by atoms with Crippen LogP contribution in [0, 0.1) is 17.0 Å². The number of non-ortho nitro benzene ring substituents is 1. The molecule has 3 aromatic carbocycles. The number of carbonyl (C=O) groups is 1. The summed E-state index contributed by atoms with van der Waals surface area (Å²) in [6.07, 6.45) is 1.80. The molecule has 1 amide bonds. The molecule has 7 nitrogen and oxygen atoms in total. The van der Waals surface area contributed by atoms with E-state index in [-0.39, 0.29) is 18.0 Å². The minimum absolute atomic E-state index is 0.000405. The van der Waals surface area contributed by atoms with Crippen molar-refractivity contribution in [2.75, 3.05) is 10.8 Å². The zero-order valence-electron chi connectivity index (χ0n) is 17.7. The van der Waals surface area contributed by atoms with E-state index in [4.69, 9.17) is 0 Å². The van der Waals surface area contributed by atoms with Gasteiger partial charge >= 0.3 is 0 Å². The predicted octanol–water partition coefficient (Wildman–Crippen LogP) is 6.06. The molecule has 4 aromatic rings. The number of aromatic nitrogens is 1. The van der Waals surface area contributed by atoms with Crippen molar-refractivity contribution in [3.05, 3.63) is 94.0 Å². The second-order valence-corrected chi connectivity index (χ2v) is 9.36. The maximum Gasteiger partial charge on any atom is 0.269 e. The summed E-state index contributed by atoms with van der Waals surface area (Å²) in [5.74, 6) is 0.434. The van der Waals surface area contributed by atoms with Crippen molar-refractivity contribution < 1.29 is 9.72 Å². The van der Waals surface area contributed by atoms with Crippen molar-refractivity contribution in [1.29, 1.82) is 0 Å². The molecule has 0 spiro atoms. The van der Waals surface area contributed by atoms with E-state index in [0.29, 0.717) is 16.4 Å². The quantitative estimate of drug-likeness (QED) is 0.133. The van der Waals surface area contributed by atoms with Gasteiger partial charge < -0.3 is 0 Å². The van der Waals surface area contributed by atoms with Crippen LogP contribution in [0.15, 0.2) is 82.8 Å². The zero-order chi connectivity index (χ0) is 23.2. The summed E-state index contributed by atoms with van der Waals surface area (Å²) in [6, 6.07) is 21.9. The number of amides is 1. The summed E-state index contributed by atoms with van der Waals surface area (Å²) in [4.78, 5) is 29.2. The molecule has 4 rings (SSSR count). The van der Waals surface area contributed by atoms with Crippen molar-refractivity contribution in [2.24, 2.45) is 5.10 Å². The van der Waals surface area contributed by atoms with Gasteiger partial charge in [-0.15, -0.1) is 11.8 Å². The SMILES string of the molecule is Cc1ccc2nc(N(/N=C/c3ccc([N+](=O)[O-])cc3)C(=O)CCSc3ccccc3)sc2c1. The Hall–Kier alpha value is -3.56. The van der Waals surface area contributed by atoms with Crippen LogP contribution in [0.25, 0.3) is 10.2 Å². The third-order valence-electron chi connectivity index (χ3n) is 4.70. The molecule has 0 atom stereocenters. The number of nitro groups is 1. The number of nitro benzene ring substituents is 1. The Bertz CT molecular complexity index is 1300. The first-order chi connectivity index (χ1) is 16.0. The third kappa shape index (κ3) is 5.82. The Morgan fingerprint density at radius 1 is 1.15 bits per heavy atom. The topological polar surface area (TPSA) is 88.7 Å². The summed E-state index contributed by atoms with van der Waals surface area (Å²) < 4.78 is 0.979. The molecule has 0 fully saturated rings. The number of rotatable bonds is 8. The van der Waals surface area contributed by atoms with Crippen LogP contribution in [0.2, 0.25) is 0 Å². The van der Waals surface area contributed by atoms with Crippen LogP contribution < -0.4 is 5.01 Å². The fourth-order valence-corrected chi connectivity index (χ4v) is 4.92. The molecule has 0 aliphatic rings. The van der Waals surface area contributed by atoms with Crippen LogP contribution in [0.3, 0.4) is 0 Å². The Balaban J connectivity index is 1.56. The Kier molecular flexibility index (Phi) is 7.11. The molecule has 0 bridgehead atoms. The Labute approximate surface area is 198 Å². The number of anilines is 1. The van der Waals surface area contributed by atoms with Crippen molar-refractivity contribution in [1.82, 2.24) is 4.98 Å². The molecule has 1 heterocycles. The van der Waals surface area contributed by atoms with Gasteiger partial charge in [-0.25, -0.2) is 4.98 Å². The fourth-order valence-electron chi connectivity index (χ4n) is 3.02. The lowest BCUT2D eigenvalue weighted by Gasteiger charge is -2.13. The lowest BCUT2D eigenvalue weighted by molar-refractivity contribution is -0.384. The van der Waals surface area contributed by atoms with Crippen molar-refractivity contribution in [3.8, 4) is 0 Å². The number of thioether (sulfide) groups is 1. The van der Waals surface area contributed by atoms with Gasteiger partial charge in [0.05, 0.1) is 21.4 Å². The van der Waals surface area contributed by atoms with Gasteiger partial charge in [0.15, 0.2) is 0 Å². The molecule has 0 N–H and O–H groups in total. The van der Waals surface area contributed by atoms with Gasteiger partial charge in [0.25, 0.3) is 5.69 Å². The summed E-state index contributed by atoms with van der Waals surface area (Å²) >= 11 is 3.01. The minimum Gasteiger partial charge on any atom is -0.272 e. The van der Waals surface area contributed by atoms with E-state index in [0.717, 1.165) is 20.7 Å². The number of aryl methyl sites for hydroxylation is 1. The van der Waals surface area contributed by atoms with Crippen molar-refractivity contribution >= 4 is 56.3 Å². The van der Waals surface area contributed by atoms with Crippen molar-refractivity contribution in [3.63, 3.8) is 0 Å². The summed E-state index contributed by atoms with van der Waals surface area (Å²) in [5, 5.41) is 17.1. The van der Waals surface area contributed by atoms with Crippen LogP contribution in [-0.4, -0.2) is 27.8 Å². The molecular formula is C24H20N4O3S2. The molecule has 0 radical (unpaired) electrons. The normalized spacial score (nSPS) is 11.2. The molecular weight excluding hydrogens is 456 g/mol. The molecule has 0 aliphatic heterocycles. The van der Waals surface area contributed by atoms with Gasteiger partial charge in [0, 0.05) is 29.2 Å². The van der Waals surface area contributed by atoms with E-state index in [1.807, 2.05) is 55.5 Å². The molecule has 0 saturated carbocycles. The molecule has 0 unspecified atom stereocenters. The third-order valence-corrected chi connectivity index (χ3v) is 6.71. The van der Waals surface area contributed by atoms with Gasteiger partial charge in [0.1, 0.15) is 0 Å². The first-order valence-corrected chi connectivity index (χ1v) is 12.0. The number of hydrogen-bond acceptors (Lipinski definition) is 7. The monoisotopic (exact) mass is 476 g/mol. The number of fused-ring (bicyclic) bond motifs is 1.